The Morgan fingerprint density at radius 1 is 0.950 bits per heavy atom. The molecule has 1 fully saturated rings. The van der Waals surface area contributed by atoms with Crippen molar-refractivity contribution in [2.75, 3.05) is 6.61 Å². The minimum absolute atomic E-state index is 0.215. The van der Waals surface area contributed by atoms with Crippen LogP contribution in [0.4, 0.5) is 4.79 Å². The fourth-order valence-corrected chi connectivity index (χ4v) is 5.59. The van der Waals surface area contributed by atoms with Gasteiger partial charge in [0.25, 0.3) is 11.1 Å². The van der Waals surface area contributed by atoms with Gasteiger partial charge in [0, 0.05) is 10.6 Å². The van der Waals surface area contributed by atoms with E-state index in [1.54, 1.807) is 12.2 Å². The largest absolute Gasteiger partial charge is 0.490 e. The summed E-state index contributed by atoms with van der Waals surface area (Å²) >= 11 is 6.96. The maximum atomic E-state index is 13.4. The number of halogens is 1. The predicted octanol–water partition coefficient (Wildman–Crippen LogP) is 8.44. The molecule has 0 bridgehead atoms. The van der Waals surface area contributed by atoms with Crippen LogP contribution in [0.15, 0.2) is 96.4 Å². The van der Waals surface area contributed by atoms with Crippen LogP contribution < -0.4 is 9.47 Å². The summed E-state index contributed by atoms with van der Waals surface area (Å²) in [5.41, 5.74) is 3.52. The van der Waals surface area contributed by atoms with Gasteiger partial charge in [0.05, 0.1) is 18.1 Å². The number of imide groups is 1. The van der Waals surface area contributed by atoms with Crippen molar-refractivity contribution in [3.8, 4) is 11.5 Å². The molecule has 0 unspecified atom stereocenters. The van der Waals surface area contributed by atoms with Crippen LogP contribution in [0, 0.1) is 0 Å². The van der Waals surface area contributed by atoms with E-state index in [4.69, 9.17) is 21.1 Å². The summed E-state index contributed by atoms with van der Waals surface area (Å²) in [5.74, 6) is 0.879. The Morgan fingerprint density at radius 2 is 1.73 bits per heavy atom. The van der Waals surface area contributed by atoms with Gasteiger partial charge in [0.2, 0.25) is 0 Å². The van der Waals surface area contributed by atoms with Gasteiger partial charge in [-0.05, 0) is 82.9 Å². The van der Waals surface area contributed by atoms with E-state index < -0.39 is 0 Å². The average Bonchev–Trinajstić information content (AvgIpc) is 3.21. The van der Waals surface area contributed by atoms with Crippen molar-refractivity contribution in [1.29, 1.82) is 0 Å². The molecule has 5 rings (SSSR count). The molecule has 0 spiro atoms. The van der Waals surface area contributed by atoms with E-state index in [2.05, 4.69) is 6.58 Å². The number of ether oxygens (including phenoxy) is 2. The molecular weight excluding hydrogens is 542 g/mol. The Bertz CT molecular complexity index is 1610. The molecule has 0 aromatic heterocycles. The Balaban J connectivity index is 1.42. The van der Waals surface area contributed by atoms with Crippen LogP contribution in [0.5, 0.6) is 11.5 Å². The molecule has 5 nitrogen and oxygen atoms in total. The smallest absolute Gasteiger partial charge is 0.293 e. The second kappa shape index (κ2) is 12.5. The van der Waals surface area contributed by atoms with Crippen molar-refractivity contribution < 1.29 is 19.1 Å². The second-order valence-corrected chi connectivity index (χ2v) is 10.7. The molecule has 0 atom stereocenters. The molecule has 2 amide bonds. The monoisotopic (exact) mass is 569 g/mol. The molecule has 1 aliphatic rings. The zero-order valence-electron chi connectivity index (χ0n) is 22.1. The topological polar surface area (TPSA) is 55.8 Å². The van der Waals surface area contributed by atoms with Crippen molar-refractivity contribution in [3.05, 3.63) is 124 Å². The lowest BCUT2D eigenvalue weighted by Gasteiger charge is -2.17. The summed E-state index contributed by atoms with van der Waals surface area (Å²) in [6.45, 7) is 6.79. The van der Waals surface area contributed by atoms with Gasteiger partial charge < -0.3 is 9.47 Å². The molecule has 0 saturated carbocycles. The fourth-order valence-electron chi connectivity index (χ4n) is 4.63. The van der Waals surface area contributed by atoms with Crippen LogP contribution in [0.2, 0.25) is 5.02 Å². The number of amides is 2. The number of hydrogen-bond acceptors (Lipinski definition) is 5. The molecule has 4 aromatic rings. The first-order valence-corrected chi connectivity index (χ1v) is 14.2. The number of nitrogens with zero attached hydrogens (tertiary/aromatic N) is 1. The predicted molar refractivity (Wildman–Crippen MR) is 163 cm³/mol. The summed E-state index contributed by atoms with van der Waals surface area (Å²) in [6, 6.07) is 25.1. The van der Waals surface area contributed by atoms with Gasteiger partial charge in [-0.1, -0.05) is 72.3 Å². The summed E-state index contributed by atoms with van der Waals surface area (Å²) in [5, 5.41) is 2.47. The highest BCUT2D eigenvalue weighted by Gasteiger charge is 2.35. The van der Waals surface area contributed by atoms with Gasteiger partial charge in [-0.3, -0.25) is 14.5 Å². The molecule has 0 N–H and O–H groups in total. The quantitative estimate of drug-likeness (QED) is 0.142. The molecule has 4 aromatic carbocycles. The minimum Gasteiger partial charge on any atom is -0.490 e. The molecule has 1 heterocycles. The molecule has 0 aliphatic carbocycles. The highest BCUT2D eigenvalue weighted by atomic mass is 35.5. The van der Waals surface area contributed by atoms with E-state index in [-0.39, 0.29) is 17.7 Å². The van der Waals surface area contributed by atoms with E-state index in [0.29, 0.717) is 41.1 Å². The van der Waals surface area contributed by atoms with E-state index in [1.807, 2.05) is 85.8 Å². The number of thioether (sulfide) groups is 1. The SMILES string of the molecule is C=CCc1cc(/C=C2/SC(=O)N(Cc3cccc4ccccc34)C2=O)cc(OCC)c1OCc1ccc(Cl)cc1. The normalized spacial score (nSPS) is 14.2. The Labute approximate surface area is 243 Å². The number of benzene rings is 4. The zero-order chi connectivity index (χ0) is 28.1. The van der Waals surface area contributed by atoms with Gasteiger partial charge in [0.1, 0.15) is 6.61 Å². The van der Waals surface area contributed by atoms with Gasteiger partial charge in [-0.2, -0.15) is 0 Å². The summed E-state index contributed by atoms with van der Waals surface area (Å²) in [7, 11) is 0. The molecule has 0 radical (unpaired) electrons. The van der Waals surface area contributed by atoms with Crippen molar-refractivity contribution in [2.24, 2.45) is 0 Å². The van der Waals surface area contributed by atoms with Crippen LogP contribution in [-0.2, 0) is 24.4 Å². The molecule has 1 saturated heterocycles. The van der Waals surface area contributed by atoms with Crippen LogP contribution in [-0.4, -0.2) is 22.7 Å². The average molecular weight is 570 g/mol. The third-order valence-corrected chi connectivity index (χ3v) is 7.65. The van der Waals surface area contributed by atoms with Crippen molar-refractivity contribution in [3.63, 3.8) is 0 Å². The van der Waals surface area contributed by atoms with Gasteiger partial charge >= 0.3 is 0 Å². The number of rotatable bonds is 10. The first-order chi connectivity index (χ1) is 19.5. The standard InChI is InChI=1S/C33H28ClNO4S/c1-3-8-25-17-23(18-29(38-4-2)31(25)39-21-22-13-15-27(34)16-14-22)19-30-32(36)35(33(37)40-30)20-26-11-7-10-24-9-5-6-12-28(24)26/h3,5-7,9-19H,1,4,8,20-21H2,2H3/b30-19+. The minimum atomic E-state index is -0.311. The van der Waals surface area contributed by atoms with Crippen molar-refractivity contribution in [1.82, 2.24) is 4.90 Å². The molecule has 1 aliphatic heterocycles. The molecule has 7 heteroatoms. The molecule has 40 heavy (non-hydrogen) atoms. The zero-order valence-corrected chi connectivity index (χ0v) is 23.6. The van der Waals surface area contributed by atoms with Gasteiger partial charge in [-0.25, -0.2) is 0 Å². The van der Waals surface area contributed by atoms with E-state index in [9.17, 15) is 9.59 Å². The Hall–Kier alpha value is -4.00. The lowest BCUT2D eigenvalue weighted by molar-refractivity contribution is -0.123. The van der Waals surface area contributed by atoms with E-state index >= 15 is 0 Å². The summed E-state index contributed by atoms with van der Waals surface area (Å²) in [6.07, 6.45) is 4.08. The van der Waals surface area contributed by atoms with Crippen LogP contribution >= 0.6 is 23.4 Å². The number of fused-ring (bicyclic) bond motifs is 1. The molecule has 202 valence electrons. The number of hydrogen-bond donors (Lipinski definition) is 0. The fraction of sp³-hybridized carbons (Fsp3) is 0.152. The highest BCUT2D eigenvalue weighted by Crippen LogP contribution is 2.38. The third kappa shape index (κ3) is 6.09. The van der Waals surface area contributed by atoms with Crippen LogP contribution in [0.3, 0.4) is 0 Å². The molecular formula is C33H28ClNO4S. The highest BCUT2D eigenvalue weighted by molar-refractivity contribution is 8.18. The third-order valence-electron chi connectivity index (χ3n) is 6.49. The Morgan fingerprint density at radius 3 is 2.50 bits per heavy atom. The van der Waals surface area contributed by atoms with E-state index in [1.165, 1.54) is 4.90 Å². The lowest BCUT2D eigenvalue weighted by Crippen LogP contribution is -2.27. The van der Waals surface area contributed by atoms with Gasteiger partial charge in [0.15, 0.2) is 11.5 Å². The van der Waals surface area contributed by atoms with E-state index in [0.717, 1.165) is 44.8 Å². The number of carbonyl (C=O) groups is 2. The van der Waals surface area contributed by atoms with Crippen molar-refractivity contribution in [2.45, 2.75) is 26.5 Å². The first-order valence-electron chi connectivity index (χ1n) is 13.0. The van der Waals surface area contributed by atoms with Crippen molar-refractivity contribution >= 4 is 51.4 Å². The number of allylic oxidation sites excluding steroid dienone is 1. The maximum Gasteiger partial charge on any atom is 0.293 e. The Kier molecular flexibility index (Phi) is 8.58. The van der Waals surface area contributed by atoms with Crippen LogP contribution in [0.25, 0.3) is 16.8 Å². The first kappa shape index (κ1) is 27.6. The lowest BCUT2D eigenvalue weighted by atomic mass is 10.0. The summed E-state index contributed by atoms with van der Waals surface area (Å²) in [4.78, 5) is 28.0. The summed E-state index contributed by atoms with van der Waals surface area (Å²) < 4.78 is 12.2. The van der Waals surface area contributed by atoms with Crippen LogP contribution in [0.1, 0.15) is 29.2 Å². The second-order valence-electron chi connectivity index (χ2n) is 9.25. The maximum absolute atomic E-state index is 13.4. The van der Waals surface area contributed by atoms with Gasteiger partial charge in [-0.15, -0.1) is 6.58 Å². The number of carbonyl (C=O) groups excluding carboxylic acids is 2.